The topological polar surface area (TPSA) is 15.7 Å². The van der Waals surface area contributed by atoms with Gasteiger partial charge in [0.15, 0.2) is 0 Å². The summed E-state index contributed by atoms with van der Waals surface area (Å²) >= 11 is 0. The van der Waals surface area contributed by atoms with Crippen LogP contribution < -0.4 is 0 Å². The van der Waals surface area contributed by atoms with E-state index in [1.165, 1.54) is 38.5 Å². The Kier molecular flexibility index (Phi) is 9.89. The van der Waals surface area contributed by atoms with Crippen molar-refractivity contribution in [3.8, 4) is 0 Å². The predicted octanol–water partition coefficient (Wildman–Crippen LogP) is 7.25. The molecule has 0 aromatic rings. The maximum absolute atomic E-state index is 17.5. The van der Waals surface area contributed by atoms with Crippen molar-refractivity contribution in [1.29, 1.82) is 0 Å². The summed E-state index contributed by atoms with van der Waals surface area (Å²) in [6.45, 7) is 20.6. The molecule has 2 atom stereocenters. The molecule has 1 fully saturated rings. The van der Waals surface area contributed by atoms with Crippen LogP contribution >= 0.6 is 7.44 Å². The third-order valence-corrected chi connectivity index (χ3v) is 17.2. The van der Waals surface area contributed by atoms with Crippen LogP contribution in [0.2, 0.25) is 19.6 Å². The van der Waals surface area contributed by atoms with Crippen LogP contribution in [-0.2, 0) is 4.52 Å². The Morgan fingerprint density at radius 2 is 1.22 bits per heavy atom. The second-order valence-corrected chi connectivity index (χ2v) is 18.7. The van der Waals surface area contributed by atoms with Gasteiger partial charge in [0.1, 0.15) is 0 Å². The van der Waals surface area contributed by atoms with Crippen molar-refractivity contribution >= 4 is 15.5 Å². The Morgan fingerprint density at radius 1 is 0.778 bits per heavy atom. The molecule has 0 aromatic heterocycles. The molecule has 0 unspecified atom stereocenters. The van der Waals surface area contributed by atoms with Crippen molar-refractivity contribution in [2.75, 3.05) is 26.2 Å². The summed E-state index contributed by atoms with van der Waals surface area (Å²) in [4.78, 5) is 0. The zero-order chi connectivity index (χ0) is 20.7. The van der Waals surface area contributed by atoms with E-state index in [9.17, 15) is 0 Å². The van der Waals surface area contributed by atoms with Crippen LogP contribution in [0.3, 0.4) is 0 Å². The van der Waals surface area contributed by atoms with Crippen LogP contribution in [0.5, 0.6) is 0 Å². The van der Waals surface area contributed by atoms with Crippen LogP contribution in [0.1, 0.15) is 79.6 Å². The minimum absolute atomic E-state index is 0.110. The molecule has 0 radical (unpaired) electrons. The Balaban J connectivity index is 3.04. The van der Waals surface area contributed by atoms with Gasteiger partial charge in [-0.25, -0.2) is 0 Å². The SMILES string of the molecule is CCCCCCCC[C@@H]1OP(F)(N(CC)CC)(N(CC)CC)[C@@H]1[Si](C)(C)C. The summed E-state index contributed by atoms with van der Waals surface area (Å²) in [5.74, 6) is 0. The average molecular weight is 423 g/mol. The van der Waals surface area contributed by atoms with Crippen LogP contribution in [-0.4, -0.2) is 55.0 Å². The molecule has 1 aliphatic heterocycles. The number of nitrogens with zero attached hydrogens (tertiary/aromatic N) is 2. The van der Waals surface area contributed by atoms with E-state index in [0.717, 1.165) is 32.6 Å². The van der Waals surface area contributed by atoms with Gasteiger partial charge in [-0.05, 0) is 0 Å². The Hall–Kier alpha value is 0.457. The van der Waals surface area contributed by atoms with Gasteiger partial charge >= 0.3 is 170 Å². The summed E-state index contributed by atoms with van der Waals surface area (Å²) < 4.78 is 28.2. The summed E-state index contributed by atoms with van der Waals surface area (Å²) in [5.41, 5.74) is 0. The minimum atomic E-state index is -3.99. The second kappa shape index (κ2) is 10.5. The molecule has 0 aliphatic carbocycles. The summed E-state index contributed by atoms with van der Waals surface area (Å²) in [7, 11) is -5.73. The van der Waals surface area contributed by atoms with Gasteiger partial charge in [-0.15, -0.1) is 0 Å². The zero-order valence-corrected chi connectivity index (χ0v) is 21.5. The molecule has 6 heteroatoms. The van der Waals surface area contributed by atoms with E-state index in [-0.39, 0.29) is 11.4 Å². The van der Waals surface area contributed by atoms with E-state index in [1.54, 1.807) is 0 Å². The maximum atomic E-state index is 17.5. The van der Waals surface area contributed by atoms with Crippen LogP contribution in [0, 0.1) is 0 Å². The predicted molar refractivity (Wildman–Crippen MR) is 124 cm³/mol. The first-order chi connectivity index (χ1) is 12.6. The fourth-order valence-corrected chi connectivity index (χ4v) is 17.9. The molecule has 1 rings (SSSR count). The van der Waals surface area contributed by atoms with Gasteiger partial charge < -0.3 is 0 Å². The molecule has 27 heavy (non-hydrogen) atoms. The number of hydrogen-bond acceptors (Lipinski definition) is 3. The average Bonchev–Trinajstić information content (AvgIpc) is 2.57. The number of halogens is 1. The molecule has 0 amide bonds. The molecule has 0 spiro atoms. The second-order valence-electron chi connectivity index (χ2n) is 9.20. The van der Waals surface area contributed by atoms with Crippen molar-refractivity contribution in [3.63, 3.8) is 0 Å². The van der Waals surface area contributed by atoms with Crippen LogP contribution in [0.15, 0.2) is 0 Å². The van der Waals surface area contributed by atoms with Crippen molar-refractivity contribution in [3.05, 3.63) is 0 Å². The summed E-state index contributed by atoms with van der Waals surface area (Å²) in [6.07, 6.45) is 8.85. The van der Waals surface area contributed by atoms with Crippen molar-refractivity contribution in [2.45, 2.75) is 111 Å². The fourth-order valence-electron chi connectivity index (χ4n) is 5.27. The van der Waals surface area contributed by atoms with Crippen molar-refractivity contribution in [1.82, 2.24) is 9.34 Å². The van der Waals surface area contributed by atoms with Gasteiger partial charge in [0.2, 0.25) is 0 Å². The molecular formula is C21H48FN2OPSi. The molecule has 1 aliphatic rings. The van der Waals surface area contributed by atoms with Crippen molar-refractivity contribution in [2.24, 2.45) is 0 Å². The molecule has 3 nitrogen and oxygen atoms in total. The molecule has 0 bridgehead atoms. The quantitative estimate of drug-likeness (QED) is 0.167. The van der Waals surface area contributed by atoms with E-state index >= 15 is 4.20 Å². The van der Waals surface area contributed by atoms with E-state index in [1.807, 2.05) is 0 Å². The normalized spacial score (nSPS) is 26.0. The Morgan fingerprint density at radius 3 is 1.63 bits per heavy atom. The molecule has 164 valence electrons. The van der Waals surface area contributed by atoms with E-state index in [4.69, 9.17) is 4.52 Å². The molecule has 1 saturated heterocycles. The first-order valence-electron chi connectivity index (χ1n) is 11.6. The van der Waals surface area contributed by atoms with Gasteiger partial charge in [-0.2, -0.15) is 0 Å². The first-order valence-corrected chi connectivity index (χ1v) is 17.2. The Bertz CT molecular complexity index is 426. The van der Waals surface area contributed by atoms with E-state index in [2.05, 4.69) is 63.6 Å². The zero-order valence-electron chi connectivity index (χ0n) is 19.6. The molecule has 1 heterocycles. The third kappa shape index (κ3) is 4.96. The van der Waals surface area contributed by atoms with Crippen LogP contribution in [0.4, 0.5) is 4.20 Å². The van der Waals surface area contributed by atoms with Gasteiger partial charge in [0, 0.05) is 0 Å². The first kappa shape index (κ1) is 25.5. The molecule has 0 aromatic carbocycles. The molecule has 0 N–H and O–H groups in total. The fraction of sp³-hybridized carbons (Fsp3) is 1.00. The van der Waals surface area contributed by atoms with Gasteiger partial charge in [0.05, 0.1) is 0 Å². The van der Waals surface area contributed by atoms with Crippen molar-refractivity contribution < 1.29 is 8.72 Å². The third-order valence-electron chi connectivity index (χ3n) is 6.36. The summed E-state index contributed by atoms with van der Waals surface area (Å²) in [5, 5.41) is 0.110. The number of unbranched alkanes of at least 4 members (excludes halogenated alkanes) is 5. The number of hydrogen-bond donors (Lipinski definition) is 0. The number of rotatable bonds is 14. The summed E-state index contributed by atoms with van der Waals surface area (Å²) in [6, 6.07) is 0. The monoisotopic (exact) mass is 422 g/mol. The molecule has 0 saturated carbocycles. The van der Waals surface area contributed by atoms with E-state index in [0.29, 0.717) is 0 Å². The molecular weight excluding hydrogens is 374 g/mol. The van der Waals surface area contributed by atoms with Crippen LogP contribution in [0.25, 0.3) is 0 Å². The van der Waals surface area contributed by atoms with Gasteiger partial charge in [-0.3, -0.25) is 0 Å². The Labute approximate surface area is 170 Å². The van der Waals surface area contributed by atoms with E-state index < -0.39 is 15.5 Å². The van der Waals surface area contributed by atoms with Gasteiger partial charge in [0.25, 0.3) is 0 Å². The van der Waals surface area contributed by atoms with Gasteiger partial charge in [-0.1, -0.05) is 0 Å². The standard InChI is InChI=1S/C21H48FN2OPSi/c1-9-14-15-16-17-18-19-20-21(27(6,7)8)26(22,25-20,23(10-2)11-3)24(12-4)13-5/h20-21H,9-19H2,1-8H3/t20-,21+/m0/s1.